The summed E-state index contributed by atoms with van der Waals surface area (Å²) in [5.41, 5.74) is 5.64. The number of benzene rings is 2. The molecule has 0 bridgehead atoms. The van der Waals surface area contributed by atoms with Gasteiger partial charge in [-0.05, 0) is 84.5 Å². The first-order valence-electron chi connectivity index (χ1n) is 10.7. The molecule has 2 aliphatic rings. The number of methoxy groups -OCH3 is 1. The number of anilines is 1. The van der Waals surface area contributed by atoms with Crippen molar-refractivity contribution < 1.29 is 14.3 Å². The van der Waals surface area contributed by atoms with Crippen molar-refractivity contribution in [2.75, 3.05) is 19.0 Å². The monoisotopic (exact) mass is 393 g/mol. The fourth-order valence-electron chi connectivity index (χ4n) is 4.96. The number of fused-ring (bicyclic) bond motifs is 3. The van der Waals surface area contributed by atoms with Gasteiger partial charge in [0, 0.05) is 5.69 Å². The molecule has 0 amide bonds. The van der Waals surface area contributed by atoms with E-state index in [1.165, 1.54) is 43.2 Å². The lowest BCUT2D eigenvalue weighted by atomic mass is 9.76. The Labute approximate surface area is 173 Å². The fraction of sp³-hybridized carbons (Fsp3) is 0.480. The van der Waals surface area contributed by atoms with Crippen LogP contribution in [0.25, 0.3) is 0 Å². The van der Waals surface area contributed by atoms with Crippen LogP contribution in [0.4, 0.5) is 5.69 Å². The highest BCUT2D eigenvalue weighted by Crippen LogP contribution is 2.53. The third kappa shape index (κ3) is 3.85. The van der Waals surface area contributed by atoms with E-state index in [1.54, 1.807) is 0 Å². The maximum Gasteiger partial charge on any atom is 0.337 e. The summed E-state index contributed by atoms with van der Waals surface area (Å²) in [5, 5.41) is 3.81. The summed E-state index contributed by atoms with van der Waals surface area (Å²) < 4.78 is 10.9. The zero-order chi connectivity index (χ0) is 20.5. The third-order valence-corrected chi connectivity index (χ3v) is 6.34. The van der Waals surface area contributed by atoms with Crippen LogP contribution in [0, 0.1) is 18.8 Å². The molecule has 1 saturated carbocycles. The van der Waals surface area contributed by atoms with Crippen LogP contribution in [0.1, 0.15) is 72.1 Å². The average Bonchev–Trinajstić information content (AvgIpc) is 3.21. The van der Waals surface area contributed by atoms with Gasteiger partial charge < -0.3 is 14.8 Å². The quantitative estimate of drug-likeness (QED) is 0.646. The standard InChI is InChI=1S/C25H31NO3/c1-15(2)14-29-18-9-11-23-22(13-18)20-6-5-7-21(20)24(26-23)19-10-8-17(12-16(19)3)25(27)28-4/h8-13,15,20-21,24,26H,5-7,14H2,1-4H3/t20-,21+,24+/m1/s1. The molecule has 154 valence electrons. The molecule has 0 radical (unpaired) electrons. The molecule has 0 saturated heterocycles. The van der Waals surface area contributed by atoms with E-state index < -0.39 is 0 Å². The number of hydrogen-bond donors (Lipinski definition) is 1. The van der Waals surface area contributed by atoms with Crippen LogP contribution in [-0.2, 0) is 4.74 Å². The first kappa shape index (κ1) is 19.8. The summed E-state index contributed by atoms with van der Waals surface area (Å²) in [7, 11) is 1.42. The fourth-order valence-corrected chi connectivity index (χ4v) is 4.96. The lowest BCUT2D eigenvalue weighted by Gasteiger charge is -2.38. The summed E-state index contributed by atoms with van der Waals surface area (Å²) in [4.78, 5) is 11.9. The van der Waals surface area contributed by atoms with E-state index in [1.807, 2.05) is 12.1 Å². The van der Waals surface area contributed by atoms with Gasteiger partial charge in [-0.15, -0.1) is 0 Å². The number of ether oxygens (including phenoxy) is 2. The molecular weight excluding hydrogens is 362 g/mol. The highest BCUT2D eigenvalue weighted by atomic mass is 16.5. The maximum absolute atomic E-state index is 11.9. The minimum Gasteiger partial charge on any atom is -0.493 e. The van der Waals surface area contributed by atoms with Crippen molar-refractivity contribution in [1.82, 2.24) is 0 Å². The molecule has 1 fully saturated rings. The van der Waals surface area contributed by atoms with Crippen molar-refractivity contribution in [2.45, 2.75) is 52.0 Å². The number of aryl methyl sites for hydroxylation is 1. The van der Waals surface area contributed by atoms with E-state index in [4.69, 9.17) is 9.47 Å². The molecule has 2 aromatic carbocycles. The van der Waals surface area contributed by atoms with Crippen LogP contribution in [0.2, 0.25) is 0 Å². The van der Waals surface area contributed by atoms with Crippen molar-refractivity contribution in [3.63, 3.8) is 0 Å². The highest BCUT2D eigenvalue weighted by molar-refractivity contribution is 5.89. The molecule has 4 nitrogen and oxygen atoms in total. The van der Waals surface area contributed by atoms with Gasteiger partial charge in [0.2, 0.25) is 0 Å². The van der Waals surface area contributed by atoms with Gasteiger partial charge in [-0.3, -0.25) is 0 Å². The number of carbonyl (C=O) groups is 1. The molecule has 1 aliphatic heterocycles. The van der Waals surface area contributed by atoms with Crippen LogP contribution >= 0.6 is 0 Å². The van der Waals surface area contributed by atoms with Gasteiger partial charge in [0.1, 0.15) is 5.75 Å². The van der Waals surface area contributed by atoms with Crippen LogP contribution in [-0.4, -0.2) is 19.7 Å². The maximum atomic E-state index is 11.9. The normalized spacial score (nSPS) is 22.6. The zero-order valence-electron chi connectivity index (χ0n) is 17.8. The minimum atomic E-state index is -0.283. The number of esters is 1. The van der Waals surface area contributed by atoms with Gasteiger partial charge in [-0.25, -0.2) is 4.79 Å². The molecule has 1 heterocycles. The number of hydrogen-bond acceptors (Lipinski definition) is 4. The average molecular weight is 394 g/mol. The molecule has 1 aliphatic carbocycles. The SMILES string of the molecule is COC(=O)c1ccc([C@@H]2Nc3ccc(OCC(C)C)cc3[C@@H]3CCC[C@@H]32)c(C)c1. The molecule has 0 aromatic heterocycles. The smallest absolute Gasteiger partial charge is 0.337 e. The van der Waals surface area contributed by atoms with E-state index in [0.29, 0.717) is 23.3 Å². The van der Waals surface area contributed by atoms with Gasteiger partial charge in [-0.2, -0.15) is 0 Å². The molecule has 29 heavy (non-hydrogen) atoms. The Hall–Kier alpha value is -2.49. The third-order valence-electron chi connectivity index (χ3n) is 6.34. The molecule has 0 spiro atoms. The Morgan fingerprint density at radius 1 is 1.14 bits per heavy atom. The van der Waals surface area contributed by atoms with Crippen molar-refractivity contribution >= 4 is 11.7 Å². The first-order chi connectivity index (χ1) is 14.0. The number of rotatable bonds is 5. The van der Waals surface area contributed by atoms with Crippen LogP contribution in [0.15, 0.2) is 36.4 Å². The van der Waals surface area contributed by atoms with Gasteiger partial charge >= 0.3 is 5.97 Å². The van der Waals surface area contributed by atoms with Crippen molar-refractivity contribution in [1.29, 1.82) is 0 Å². The van der Waals surface area contributed by atoms with Gasteiger partial charge in [-0.1, -0.05) is 26.3 Å². The van der Waals surface area contributed by atoms with E-state index >= 15 is 0 Å². The van der Waals surface area contributed by atoms with Crippen molar-refractivity contribution in [3.8, 4) is 5.75 Å². The van der Waals surface area contributed by atoms with E-state index in [-0.39, 0.29) is 12.0 Å². The predicted molar refractivity (Wildman–Crippen MR) is 116 cm³/mol. The molecule has 2 aromatic rings. The van der Waals surface area contributed by atoms with E-state index in [2.05, 4.69) is 50.4 Å². The summed E-state index contributed by atoms with van der Waals surface area (Å²) >= 11 is 0. The Morgan fingerprint density at radius 3 is 2.69 bits per heavy atom. The largest absolute Gasteiger partial charge is 0.493 e. The summed E-state index contributed by atoms with van der Waals surface area (Å²) in [6.45, 7) is 7.18. The van der Waals surface area contributed by atoms with Crippen molar-refractivity contribution in [3.05, 3.63) is 58.7 Å². The number of carbonyl (C=O) groups excluding carboxylic acids is 1. The minimum absolute atomic E-state index is 0.268. The van der Waals surface area contributed by atoms with Crippen LogP contribution < -0.4 is 10.1 Å². The summed E-state index contributed by atoms with van der Waals surface area (Å²) in [6, 6.07) is 12.7. The Morgan fingerprint density at radius 2 is 1.97 bits per heavy atom. The molecular formula is C25H31NO3. The highest BCUT2D eigenvalue weighted by Gasteiger charge is 2.40. The topological polar surface area (TPSA) is 47.6 Å². The summed E-state index contributed by atoms with van der Waals surface area (Å²) in [5.74, 6) is 2.32. The predicted octanol–water partition coefficient (Wildman–Crippen LogP) is 5.87. The van der Waals surface area contributed by atoms with E-state index in [0.717, 1.165) is 17.9 Å². The lowest BCUT2D eigenvalue weighted by molar-refractivity contribution is 0.0600. The lowest BCUT2D eigenvalue weighted by Crippen LogP contribution is -2.29. The molecule has 4 heteroatoms. The van der Waals surface area contributed by atoms with Crippen LogP contribution in [0.5, 0.6) is 5.75 Å². The Bertz CT molecular complexity index is 905. The molecule has 1 N–H and O–H groups in total. The first-order valence-corrected chi connectivity index (χ1v) is 10.7. The molecule has 4 rings (SSSR count). The second-order valence-corrected chi connectivity index (χ2v) is 8.84. The van der Waals surface area contributed by atoms with Gasteiger partial charge in [0.05, 0.1) is 25.3 Å². The zero-order valence-corrected chi connectivity index (χ0v) is 17.8. The Kier molecular flexibility index (Phi) is 5.53. The molecule has 0 unspecified atom stereocenters. The second-order valence-electron chi connectivity index (χ2n) is 8.84. The molecule has 3 atom stereocenters. The van der Waals surface area contributed by atoms with Gasteiger partial charge in [0.15, 0.2) is 0 Å². The van der Waals surface area contributed by atoms with Crippen LogP contribution in [0.3, 0.4) is 0 Å². The van der Waals surface area contributed by atoms with Gasteiger partial charge in [0.25, 0.3) is 0 Å². The second kappa shape index (κ2) is 8.10. The van der Waals surface area contributed by atoms with Crippen molar-refractivity contribution in [2.24, 2.45) is 11.8 Å². The summed E-state index contributed by atoms with van der Waals surface area (Å²) in [6.07, 6.45) is 3.70. The van der Waals surface area contributed by atoms with E-state index in [9.17, 15) is 4.79 Å². The number of nitrogens with one attached hydrogen (secondary N) is 1. The Balaban J connectivity index is 1.64.